The van der Waals surface area contributed by atoms with Crippen LogP contribution in [0.5, 0.6) is 0 Å². The molecule has 1 radical (unpaired) electrons. The maximum absolute atomic E-state index is 12.6. The molecule has 0 saturated heterocycles. The summed E-state index contributed by atoms with van der Waals surface area (Å²) in [6.07, 6.45) is 8.42. The van der Waals surface area contributed by atoms with E-state index in [2.05, 4.69) is 23.7 Å². The van der Waals surface area contributed by atoms with Gasteiger partial charge in [-0.15, -0.1) is 0 Å². The Morgan fingerprint density at radius 3 is 2.30 bits per heavy atom. The van der Waals surface area contributed by atoms with E-state index in [1.165, 1.54) is 5.57 Å². The Morgan fingerprint density at radius 1 is 1.20 bits per heavy atom. The molecule has 0 bridgehead atoms. The third-order valence-corrected chi connectivity index (χ3v) is 7.35. The zero-order chi connectivity index (χ0) is 15.0. The Hall–Kier alpha value is -0.0971. The summed E-state index contributed by atoms with van der Waals surface area (Å²) in [6, 6.07) is 0. The van der Waals surface area contributed by atoms with Gasteiger partial charge < -0.3 is 0 Å². The first kappa shape index (κ1) is 18.0. The van der Waals surface area contributed by atoms with E-state index in [9.17, 15) is 5.11 Å². The van der Waals surface area contributed by atoms with Gasteiger partial charge in [0.05, 0.1) is 0 Å². The molecule has 115 valence electrons. The molecule has 0 aromatic heterocycles. The molecule has 0 spiro atoms. The molecule has 4 heteroatoms. The Morgan fingerprint density at radius 2 is 1.80 bits per heavy atom. The summed E-state index contributed by atoms with van der Waals surface area (Å²) in [5.41, 5.74) is 1.44. The van der Waals surface area contributed by atoms with E-state index in [4.69, 9.17) is 9.47 Å². The van der Waals surface area contributed by atoms with Gasteiger partial charge in [-0.25, -0.2) is 0 Å². The SMILES string of the molecule is CCCOC([O])(CCC1=[C]([GeH]([CH3])[CH3])C=CC1)OCCC. The van der Waals surface area contributed by atoms with Gasteiger partial charge in [0.15, 0.2) is 0 Å². The second kappa shape index (κ2) is 9.03. The Kier molecular flexibility index (Phi) is 8.11. The normalized spacial score (nSPS) is 15.7. The molecular weight excluding hydrogens is 313 g/mol. The van der Waals surface area contributed by atoms with E-state index in [-0.39, 0.29) is 0 Å². The molecule has 1 aliphatic rings. The first-order valence-corrected chi connectivity index (χ1v) is 13.9. The van der Waals surface area contributed by atoms with Gasteiger partial charge in [0.1, 0.15) is 0 Å². The molecule has 0 aromatic carbocycles. The summed E-state index contributed by atoms with van der Waals surface area (Å²) in [4.78, 5) is 0. The third-order valence-electron chi connectivity index (χ3n) is 3.48. The van der Waals surface area contributed by atoms with E-state index in [0.29, 0.717) is 19.6 Å². The van der Waals surface area contributed by atoms with Crippen molar-refractivity contribution in [2.24, 2.45) is 0 Å². The Labute approximate surface area is 128 Å². The van der Waals surface area contributed by atoms with E-state index in [0.717, 1.165) is 25.7 Å². The second-order valence-electron chi connectivity index (χ2n) is 5.70. The van der Waals surface area contributed by atoms with Crippen LogP contribution in [0.15, 0.2) is 22.1 Å². The van der Waals surface area contributed by atoms with E-state index >= 15 is 0 Å². The van der Waals surface area contributed by atoms with Crippen molar-refractivity contribution in [3.05, 3.63) is 22.1 Å². The van der Waals surface area contributed by atoms with Crippen molar-refractivity contribution in [3.63, 3.8) is 0 Å². The van der Waals surface area contributed by atoms with Crippen LogP contribution in [0.3, 0.4) is 0 Å². The number of hydrogen-bond donors (Lipinski definition) is 0. The molecule has 0 aromatic rings. The monoisotopic (exact) mass is 343 g/mol. The van der Waals surface area contributed by atoms with Gasteiger partial charge in [-0.1, -0.05) is 0 Å². The van der Waals surface area contributed by atoms with Crippen LogP contribution in [0.1, 0.15) is 46.0 Å². The molecule has 0 saturated carbocycles. The van der Waals surface area contributed by atoms with E-state index in [1.807, 2.05) is 13.8 Å². The van der Waals surface area contributed by atoms with Crippen molar-refractivity contribution in [2.75, 3.05) is 13.2 Å². The number of allylic oxidation sites excluding steroid dienone is 4. The molecule has 0 atom stereocenters. The molecule has 20 heavy (non-hydrogen) atoms. The van der Waals surface area contributed by atoms with Crippen LogP contribution in [0.25, 0.3) is 0 Å². The fraction of sp³-hybridized carbons (Fsp3) is 0.750. The van der Waals surface area contributed by atoms with Crippen LogP contribution in [-0.2, 0) is 14.6 Å². The minimum atomic E-state index is -1.66. The van der Waals surface area contributed by atoms with Gasteiger partial charge in [0.2, 0.25) is 0 Å². The van der Waals surface area contributed by atoms with Crippen molar-refractivity contribution in [1.82, 2.24) is 0 Å². The van der Waals surface area contributed by atoms with Crippen molar-refractivity contribution in [3.8, 4) is 0 Å². The summed E-state index contributed by atoms with van der Waals surface area (Å²) in [5.74, 6) is 3.10. The average Bonchev–Trinajstić information content (AvgIpc) is 2.90. The van der Waals surface area contributed by atoms with E-state index < -0.39 is 20.3 Å². The van der Waals surface area contributed by atoms with E-state index in [1.54, 1.807) is 4.41 Å². The van der Waals surface area contributed by atoms with Crippen molar-refractivity contribution in [2.45, 2.75) is 63.4 Å². The molecular formula is C16H29GeO3. The topological polar surface area (TPSA) is 38.4 Å². The Bertz CT molecular complexity index is 340. The first-order chi connectivity index (χ1) is 9.52. The number of hydrogen-bond acceptors (Lipinski definition) is 2. The van der Waals surface area contributed by atoms with Gasteiger partial charge >= 0.3 is 128 Å². The van der Waals surface area contributed by atoms with Crippen molar-refractivity contribution in [1.29, 1.82) is 0 Å². The fourth-order valence-electron chi connectivity index (χ4n) is 2.42. The van der Waals surface area contributed by atoms with Crippen molar-refractivity contribution >= 4 is 14.3 Å². The molecule has 1 rings (SSSR count). The van der Waals surface area contributed by atoms with Crippen molar-refractivity contribution < 1.29 is 14.6 Å². The maximum atomic E-state index is 12.6. The summed E-state index contributed by atoms with van der Waals surface area (Å²) in [6.45, 7) is 4.96. The summed E-state index contributed by atoms with van der Waals surface area (Å²) >= 11 is -1.26. The molecule has 3 nitrogen and oxygen atoms in total. The fourth-order valence-corrected chi connectivity index (χ4v) is 5.77. The summed E-state index contributed by atoms with van der Waals surface area (Å²) < 4.78 is 12.4. The van der Waals surface area contributed by atoms with Crippen LogP contribution in [0.2, 0.25) is 11.5 Å². The predicted octanol–water partition coefficient (Wildman–Crippen LogP) is 3.99. The zero-order valence-corrected chi connectivity index (χ0v) is 15.8. The third kappa shape index (κ3) is 5.72. The minimum absolute atomic E-state index is 0.419. The molecule has 0 aliphatic heterocycles. The molecule has 0 N–H and O–H groups in total. The molecule has 0 heterocycles. The standard InChI is InChI=1S/C16H29GeO3/c1-5-12-19-16(18,20-13-6-2)11-10-14-8-7-9-15(14)17(3)4/h7,9,17H,5-6,8,10-13H2,1-4H3. The number of rotatable bonds is 10. The Balaban J connectivity index is 2.59. The van der Waals surface area contributed by atoms with Crippen LogP contribution < -0.4 is 0 Å². The molecule has 0 amide bonds. The van der Waals surface area contributed by atoms with Crippen LogP contribution in [-0.4, -0.2) is 33.5 Å². The molecule has 0 unspecified atom stereocenters. The van der Waals surface area contributed by atoms with Crippen LogP contribution >= 0.6 is 0 Å². The predicted molar refractivity (Wildman–Crippen MR) is 84.8 cm³/mol. The van der Waals surface area contributed by atoms with Gasteiger partial charge in [-0.05, 0) is 0 Å². The van der Waals surface area contributed by atoms with Gasteiger partial charge in [0, 0.05) is 0 Å². The molecule has 1 aliphatic carbocycles. The number of ether oxygens (including phenoxy) is 2. The quantitative estimate of drug-likeness (QED) is 0.445. The molecule has 0 fully saturated rings. The van der Waals surface area contributed by atoms with Crippen LogP contribution in [0, 0.1) is 0 Å². The summed E-state index contributed by atoms with van der Waals surface area (Å²) in [7, 11) is 0. The van der Waals surface area contributed by atoms with Crippen LogP contribution in [0.4, 0.5) is 0 Å². The van der Waals surface area contributed by atoms with Gasteiger partial charge in [-0.2, -0.15) is 0 Å². The summed E-state index contributed by atoms with van der Waals surface area (Å²) in [5, 5.41) is 12.6. The van der Waals surface area contributed by atoms with Gasteiger partial charge in [-0.3, -0.25) is 0 Å². The second-order valence-corrected chi connectivity index (χ2v) is 11.9. The first-order valence-electron chi connectivity index (χ1n) is 7.89. The average molecular weight is 342 g/mol. The van der Waals surface area contributed by atoms with Gasteiger partial charge in [0.25, 0.3) is 0 Å². The zero-order valence-electron chi connectivity index (χ0n) is 13.4.